The molecule has 2 rings (SSSR count). The number of unbranched alkanes of at least 4 members (excludes halogenated alkanes) is 2. The standard InChI is InChI=1S/C19H23N3O/c1-2-3-6-15-18(23)22-19(20-16-11-7-4-8-12-16)21-17-13-9-5-10-14-17/h4-5,7-14H,2-3,6,15H2,1H3,(H2,20,21,22,23). The number of benzene rings is 2. The van der Waals surface area contributed by atoms with Crippen molar-refractivity contribution in [2.24, 2.45) is 4.99 Å². The topological polar surface area (TPSA) is 53.5 Å². The van der Waals surface area contributed by atoms with Gasteiger partial charge < -0.3 is 5.32 Å². The van der Waals surface area contributed by atoms with Crippen LogP contribution in [0.3, 0.4) is 0 Å². The monoisotopic (exact) mass is 309 g/mol. The molecular formula is C19H23N3O. The quantitative estimate of drug-likeness (QED) is 0.469. The number of anilines is 1. The molecule has 0 aliphatic rings. The zero-order valence-electron chi connectivity index (χ0n) is 13.5. The molecule has 0 aliphatic heterocycles. The van der Waals surface area contributed by atoms with E-state index in [0.717, 1.165) is 30.6 Å². The van der Waals surface area contributed by atoms with E-state index in [-0.39, 0.29) is 5.91 Å². The number of nitrogens with one attached hydrogen (secondary N) is 2. The summed E-state index contributed by atoms with van der Waals surface area (Å²) in [6.45, 7) is 2.12. The maximum absolute atomic E-state index is 12.1. The molecule has 0 unspecified atom stereocenters. The molecule has 2 aromatic rings. The number of carbonyl (C=O) groups is 1. The van der Waals surface area contributed by atoms with Crippen molar-refractivity contribution in [2.75, 3.05) is 5.32 Å². The highest BCUT2D eigenvalue weighted by atomic mass is 16.1. The summed E-state index contributed by atoms with van der Waals surface area (Å²) in [7, 11) is 0. The second kappa shape index (κ2) is 9.41. The fraction of sp³-hybridized carbons (Fsp3) is 0.263. The smallest absolute Gasteiger partial charge is 0.226 e. The maximum Gasteiger partial charge on any atom is 0.226 e. The molecule has 120 valence electrons. The van der Waals surface area contributed by atoms with Gasteiger partial charge in [0.25, 0.3) is 0 Å². The molecule has 0 spiro atoms. The van der Waals surface area contributed by atoms with Crippen molar-refractivity contribution < 1.29 is 4.79 Å². The number of para-hydroxylation sites is 2. The zero-order chi connectivity index (χ0) is 16.3. The fourth-order valence-corrected chi connectivity index (χ4v) is 2.11. The average molecular weight is 309 g/mol. The lowest BCUT2D eigenvalue weighted by atomic mass is 10.2. The third kappa shape index (κ3) is 6.34. The fourth-order valence-electron chi connectivity index (χ4n) is 2.11. The molecule has 0 saturated carbocycles. The first-order valence-corrected chi connectivity index (χ1v) is 8.03. The molecular weight excluding hydrogens is 286 g/mol. The van der Waals surface area contributed by atoms with Gasteiger partial charge in [-0.1, -0.05) is 56.2 Å². The molecule has 2 N–H and O–H groups in total. The van der Waals surface area contributed by atoms with Gasteiger partial charge in [0.15, 0.2) is 0 Å². The molecule has 2 aromatic carbocycles. The number of rotatable bonds is 6. The maximum atomic E-state index is 12.1. The molecule has 0 aromatic heterocycles. The van der Waals surface area contributed by atoms with Crippen LogP contribution in [0.4, 0.5) is 11.4 Å². The minimum absolute atomic E-state index is 0.0171. The largest absolute Gasteiger partial charge is 0.326 e. The normalized spacial score (nSPS) is 11.1. The lowest BCUT2D eigenvalue weighted by molar-refractivity contribution is -0.119. The van der Waals surface area contributed by atoms with Crippen LogP contribution in [0.1, 0.15) is 32.6 Å². The SMILES string of the molecule is CCCCCC(=O)NC(=Nc1ccccc1)Nc1ccccc1. The molecule has 0 bridgehead atoms. The average Bonchev–Trinajstić information content (AvgIpc) is 2.57. The Hall–Kier alpha value is -2.62. The Labute approximate surface area is 137 Å². The van der Waals surface area contributed by atoms with E-state index in [1.807, 2.05) is 60.7 Å². The Balaban J connectivity index is 2.08. The highest BCUT2D eigenvalue weighted by Gasteiger charge is 2.06. The van der Waals surface area contributed by atoms with Crippen molar-refractivity contribution in [1.82, 2.24) is 5.32 Å². The van der Waals surface area contributed by atoms with E-state index in [2.05, 4.69) is 22.5 Å². The number of guanidine groups is 1. The molecule has 4 heteroatoms. The first-order chi connectivity index (χ1) is 11.3. The van der Waals surface area contributed by atoms with Crippen LogP contribution in [-0.2, 0) is 4.79 Å². The number of nitrogens with zero attached hydrogens (tertiary/aromatic N) is 1. The van der Waals surface area contributed by atoms with Crippen LogP contribution in [-0.4, -0.2) is 11.9 Å². The molecule has 0 aliphatic carbocycles. The predicted molar refractivity (Wildman–Crippen MR) is 95.9 cm³/mol. The van der Waals surface area contributed by atoms with Crippen molar-refractivity contribution in [3.63, 3.8) is 0 Å². The molecule has 0 fully saturated rings. The van der Waals surface area contributed by atoms with Crippen molar-refractivity contribution in [1.29, 1.82) is 0 Å². The molecule has 0 atom stereocenters. The van der Waals surface area contributed by atoms with E-state index in [0.29, 0.717) is 12.4 Å². The van der Waals surface area contributed by atoms with Crippen LogP contribution in [0.15, 0.2) is 65.7 Å². The third-order valence-electron chi connectivity index (χ3n) is 3.30. The number of hydrogen-bond donors (Lipinski definition) is 2. The number of hydrogen-bond acceptors (Lipinski definition) is 2. The van der Waals surface area contributed by atoms with Crippen LogP contribution in [0.2, 0.25) is 0 Å². The van der Waals surface area contributed by atoms with E-state index in [9.17, 15) is 4.79 Å². The van der Waals surface area contributed by atoms with Crippen molar-refractivity contribution in [3.05, 3.63) is 60.7 Å². The minimum Gasteiger partial charge on any atom is -0.326 e. The first kappa shape index (κ1) is 16.7. The molecule has 0 saturated heterocycles. The molecule has 0 heterocycles. The van der Waals surface area contributed by atoms with Gasteiger partial charge in [-0.2, -0.15) is 0 Å². The number of amides is 1. The van der Waals surface area contributed by atoms with E-state index in [1.54, 1.807) is 0 Å². The van der Waals surface area contributed by atoms with Gasteiger partial charge in [0.1, 0.15) is 0 Å². The Kier molecular flexibility index (Phi) is 6.85. The van der Waals surface area contributed by atoms with Gasteiger partial charge in [0.2, 0.25) is 11.9 Å². The lowest BCUT2D eigenvalue weighted by Gasteiger charge is -2.11. The first-order valence-electron chi connectivity index (χ1n) is 8.03. The summed E-state index contributed by atoms with van der Waals surface area (Å²) in [5.41, 5.74) is 1.68. The Bertz CT molecular complexity index is 624. The summed E-state index contributed by atoms with van der Waals surface area (Å²) in [4.78, 5) is 16.6. The Morgan fingerprint density at radius 2 is 1.61 bits per heavy atom. The number of aliphatic imine (C=N–C) groups is 1. The molecule has 23 heavy (non-hydrogen) atoms. The van der Waals surface area contributed by atoms with E-state index in [1.165, 1.54) is 0 Å². The second-order valence-electron chi connectivity index (χ2n) is 5.29. The third-order valence-corrected chi connectivity index (χ3v) is 3.30. The van der Waals surface area contributed by atoms with Crippen molar-refractivity contribution >= 4 is 23.2 Å². The van der Waals surface area contributed by atoms with Crippen molar-refractivity contribution in [2.45, 2.75) is 32.6 Å². The van der Waals surface area contributed by atoms with Gasteiger partial charge in [-0.15, -0.1) is 0 Å². The Morgan fingerprint density at radius 3 is 2.26 bits per heavy atom. The van der Waals surface area contributed by atoms with E-state index in [4.69, 9.17) is 0 Å². The van der Waals surface area contributed by atoms with Gasteiger partial charge in [-0.3, -0.25) is 10.1 Å². The second-order valence-corrected chi connectivity index (χ2v) is 5.29. The van der Waals surface area contributed by atoms with Gasteiger partial charge in [-0.25, -0.2) is 4.99 Å². The highest BCUT2D eigenvalue weighted by Crippen LogP contribution is 2.11. The molecule has 4 nitrogen and oxygen atoms in total. The summed E-state index contributed by atoms with van der Waals surface area (Å²) < 4.78 is 0. The summed E-state index contributed by atoms with van der Waals surface area (Å²) in [5, 5.41) is 6.04. The molecule has 1 amide bonds. The van der Waals surface area contributed by atoms with Crippen LogP contribution in [0.5, 0.6) is 0 Å². The molecule has 0 radical (unpaired) electrons. The van der Waals surface area contributed by atoms with E-state index >= 15 is 0 Å². The van der Waals surface area contributed by atoms with Crippen LogP contribution >= 0.6 is 0 Å². The van der Waals surface area contributed by atoms with E-state index < -0.39 is 0 Å². The summed E-state index contributed by atoms with van der Waals surface area (Å²) in [6, 6.07) is 19.3. The van der Waals surface area contributed by atoms with Gasteiger partial charge in [0, 0.05) is 12.1 Å². The van der Waals surface area contributed by atoms with Crippen LogP contribution in [0.25, 0.3) is 0 Å². The van der Waals surface area contributed by atoms with Crippen molar-refractivity contribution in [3.8, 4) is 0 Å². The van der Waals surface area contributed by atoms with Gasteiger partial charge in [0.05, 0.1) is 5.69 Å². The summed E-state index contributed by atoms with van der Waals surface area (Å²) >= 11 is 0. The Morgan fingerprint density at radius 1 is 0.957 bits per heavy atom. The number of carbonyl (C=O) groups excluding carboxylic acids is 1. The minimum atomic E-state index is -0.0171. The zero-order valence-corrected chi connectivity index (χ0v) is 13.5. The van der Waals surface area contributed by atoms with Gasteiger partial charge in [-0.05, 0) is 30.7 Å². The lowest BCUT2D eigenvalue weighted by Crippen LogP contribution is -2.35. The van der Waals surface area contributed by atoms with Crippen LogP contribution in [0, 0.1) is 0 Å². The van der Waals surface area contributed by atoms with Gasteiger partial charge >= 0.3 is 0 Å². The summed E-state index contributed by atoms with van der Waals surface area (Å²) in [6.07, 6.45) is 3.57. The van der Waals surface area contributed by atoms with Crippen LogP contribution < -0.4 is 10.6 Å². The predicted octanol–water partition coefficient (Wildman–Crippen LogP) is 4.48. The summed E-state index contributed by atoms with van der Waals surface area (Å²) in [5.74, 6) is 0.431. The highest BCUT2D eigenvalue weighted by molar-refractivity contribution is 6.05.